The molecule has 0 amide bonds. The van der Waals surface area contributed by atoms with Crippen LogP contribution in [0, 0.1) is 0 Å². The minimum absolute atomic E-state index is 0.302. The number of hydrogen-bond acceptors (Lipinski definition) is 6. The Labute approximate surface area is 93.2 Å². The van der Waals surface area contributed by atoms with Crippen LogP contribution >= 0.6 is 0 Å². The molecule has 0 bridgehead atoms. The van der Waals surface area contributed by atoms with E-state index in [0.717, 1.165) is 0 Å². The number of hydrogen-bond donors (Lipinski definition) is 2. The van der Waals surface area contributed by atoms with Crippen molar-refractivity contribution in [3.05, 3.63) is 0 Å². The molecule has 1 rings (SSSR count). The van der Waals surface area contributed by atoms with Gasteiger partial charge >= 0.3 is 11.9 Å². The summed E-state index contributed by atoms with van der Waals surface area (Å²) in [5.41, 5.74) is 0. The first-order valence-corrected chi connectivity index (χ1v) is 5.12. The van der Waals surface area contributed by atoms with Gasteiger partial charge in [-0.05, 0) is 12.8 Å². The molecule has 1 fully saturated rings. The van der Waals surface area contributed by atoms with Gasteiger partial charge in [0.2, 0.25) is 0 Å². The predicted octanol–water partition coefficient (Wildman–Crippen LogP) is -0.635. The highest BCUT2D eigenvalue weighted by Crippen LogP contribution is 2.25. The minimum Gasteiger partial charge on any atom is -0.458 e. The van der Waals surface area contributed by atoms with Crippen molar-refractivity contribution < 1.29 is 29.3 Å². The quantitative estimate of drug-likeness (QED) is 0.615. The van der Waals surface area contributed by atoms with Crippen LogP contribution in [0.25, 0.3) is 0 Å². The molecule has 0 heterocycles. The lowest BCUT2D eigenvalue weighted by Crippen LogP contribution is -2.52. The van der Waals surface area contributed by atoms with Gasteiger partial charge in [-0.2, -0.15) is 0 Å². The van der Waals surface area contributed by atoms with Crippen LogP contribution in [0.1, 0.15) is 26.7 Å². The normalized spacial score (nSPS) is 34.2. The maximum absolute atomic E-state index is 10.8. The van der Waals surface area contributed by atoms with Gasteiger partial charge in [-0.25, -0.2) is 0 Å². The molecule has 0 radical (unpaired) electrons. The van der Waals surface area contributed by atoms with Crippen LogP contribution in [0.2, 0.25) is 0 Å². The Morgan fingerprint density at radius 2 is 1.62 bits per heavy atom. The summed E-state index contributed by atoms with van der Waals surface area (Å²) in [5.74, 6) is -1.10. The second-order valence-corrected chi connectivity index (χ2v) is 3.86. The number of ether oxygens (including phenoxy) is 2. The molecular formula is C10H16O6. The van der Waals surface area contributed by atoms with Crippen molar-refractivity contribution >= 4 is 11.9 Å². The van der Waals surface area contributed by atoms with Crippen LogP contribution < -0.4 is 0 Å². The smallest absolute Gasteiger partial charge is 0.303 e. The Bertz CT molecular complexity index is 276. The summed E-state index contributed by atoms with van der Waals surface area (Å²) < 4.78 is 9.80. The monoisotopic (exact) mass is 232 g/mol. The zero-order valence-electron chi connectivity index (χ0n) is 9.25. The van der Waals surface area contributed by atoms with Gasteiger partial charge in [-0.1, -0.05) is 0 Å². The molecule has 0 spiro atoms. The topological polar surface area (TPSA) is 93.1 Å². The molecule has 0 saturated heterocycles. The van der Waals surface area contributed by atoms with Crippen LogP contribution in [-0.4, -0.2) is 46.6 Å². The molecular weight excluding hydrogens is 216 g/mol. The molecule has 2 N–H and O–H groups in total. The Kier molecular flexibility index (Phi) is 4.26. The van der Waals surface area contributed by atoms with Crippen molar-refractivity contribution in [1.82, 2.24) is 0 Å². The number of esters is 2. The van der Waals surface area contributed by atoms with Crippen molar-refractivity contribution in [2.45, 2.75) is 51.1 Å². The van der Waals surface area contributed by atoms with Gasteiger partial charge < -0.3 is 19.7 Å². The standard InChI is InChI=1S/C10H16O6/c1-5(11)15-8-4-3-7(13)9(14)10(8)16-6(2)12/h7-10,13-14H,3-4H2,1-2H3/t7-,8-,9-,10-/m0/s1. The summed E-state index contributed by atoms with van der Waals surface area (Å²) in [5, 5.41) is 19.1. The molecule has 1 aliphatic rings. The first-order chi connectivity index (χ1) is 7.41. The zero-order valence-corrected chi connectivity index (χ0v) is 9.25. The van der Waals surface area contributed by atoms with E-state index in [1.165, 1.54) is 13.8 Å². The average molecular weight is 232 g/mol. The molecule has 1 saturated carbocycles. The predicted molar refractivity (Wildman–Crippen MR) is 52.4 cm³/mol. The first-order valence-electron chi connectivity index (χ1n) is 5.12. The second-order valence-electron chi connectivity index (χ2n) is 3.86. The van der Waals surface area contributed by atoms with E-state index in [2.05, 4.69) is 0 Å². The highest BCUT2D eigenvalue weighted by molar-refractivity contribution is 5.67. The average Bonchev–Trinajstić information content (AvgIpc) is 2.16. The minimum atomic E-state index is -1.22. The lowest BCUT2D eigenvalue weighted by Gasteiger charge is -2.36. The summed E-state index contributed by atoms with van der Waals surface area (Å²) >= 11 is 0. The maximum atomic E-state index is 10.8. The summed E-state index contributed by atoms with van der Waals surface area (Å²) in [6.07, 6.45) is -3.21. The molecule has 16 heavy (non-hydrogen) atoms. The molecule has 1 aliphatic carbocycles. The van der Waals surface area contributed by atoms with E-state index < -0.39 is 36.4 Å². The van der Waals surface area contributed by atoms with E-state index in [1.807, 2.05) is 0 Å². The second kappa shape index (κ2) is 5.27. The summed E-state index contributed by atoms with van der Waals surface area (Å²) in [4.78, 5) is 21.7. The fourth-order valence-electron chi connectivity index (χ4n) is 1.79. The van der Waals surface area contributed by atoms with Crippen LogP contribution in [0.15, 0.2) is 0 Å². The number of carbonyl (C=O) groups excluding carboxylic acids is 2. The Morgan fingerprint density at radius 3 is 2.12 bits per heavy atom. The molecule has 0 aromatic heterocycles. The third kappa shape index (κ3) is 3.18. The molecule has 0 aromatic carbocycles. The summed E-state index contributed by atoms with van der Waals surface area (Å²) in [6, 6.07) is 0. The van der Waals surface area contributed by atoms with Crippen LogP contribution in [0.5, 0.6) is 0 Å². The van der Waals surface area contributed by atoms with Crippen LogP contribution in [-0.2, 0) is 19.1 Å². The van der Waals surface area contributed by atoms with Crippen LogP contribution in [0.3, 0.4) is 0 Å². The van der Waals surface area contributed by atoms with Gasteiger partial charge in [0, 0.05) is 13.8 Å². The molecule has 6 nitrogen and oxygen atoms in total. The maximum Gasteiger partial charge on any atom is 0.303 e. The third-order valence-corrected chi connectivity index (χ3v) is 2.46. The van der Waals surface area contributed by atoms with Crippen molar-refractivity contribution in [3.63, 3.8) is 0 Å². The van der Waals surface area contributed by atoms with Gasteiger partial charge in [-0.15, -0.1) is 0 Å². The van der Waals surface area contributed by atoms with E-state index in [9.17, 15) is 19.8 Å². The van der Waals surface area contributed by atoms with Gasteiger partial charge in [0.25, 0.3) is 0 Å². The van der Waals surface area contributed by atoms with Crippen molar-refractivity contribution in [2.75, 3.05) is 0 Å². The first kappa shape index (κ1) is 12.9. The summed E-state index contributed by atoms with van der Waals surface area (Å²) in [7, 11) is 0. The molecule has 6 heteroatoms. The van der Waals surface area contributed by atoms with Crippen molar-refractivity contribution in [3.8, 4) is 0 Å². The van der Waals surface area contributed by atoms with Gasteiger partial charge in [0.15, 0.2) is 6.10 Å². The third-order valence-electron chi connectivity index (χ3n) is 2.46. The largest absolute Gasteiger partial charge is 0.458 e. The van der Waals surface area contributed by atoms with Gasteiger partial charge in [-0.3, -0.25) is 9.59 Å². The van der Waals surface area contributed by atoms with Gasteiger partial charge in [0.1, 0.15) is 12.2 Å². The highest BCUT2D eigenvalue weighted by atomic mass is 16.6. The van der Waals surface area contributed by atoms with E-state index in [-0.39, 0.29) is 0 Å². The lowest BCUT2D eigenvalue weighted by molar-refractivity contribution is -0.192. The Balaban J connectivity index is 2.72. The number of aliphatic hydroxyl groups excluding tert-OH is 2. The van der Waals surface area contributed by atoms with E-state index >= 15 is 0 Å². The number of carbonyl (C=O) groups is 2. The fourth-order valence-corrected chi connectivity index (χ4v) is 1.79. The Morgan fingerprint density at radius 1 is 1.06 bits per heavy atom. The Hall–Kier alpha value is -1.14. The van der Waals surface area contributed by atoms with Crippen LogP contribution in [0.4, 0.5) is 0 Å². The van der Waals surface area contributed by atoms with E-state index in [0.29, 0.717) is 12.8 Å². The SMILES string of the molecule is CC(=O)O[C@@H]1[C@@H](O)[C@@H](O)CC[C@@H]1OC(C)=O. The zero-order chi connectivity index (χ0) is 12.3. The van der Waals surface area contributed by atoms with Crippen molar-refractivity contribution in [2.24, 2.45) is 0 Å². The molecule has 92 valence electrons. The molecule has 0 aliphatic heterocycles. The lowest BCUT2D eigenvalue weighted by atomic mass is 9.89. The number of aliphatic hydroxyl groups is 2. The number of rotatable bonds is 2. The molecule has 4 atom stereocenters. The fraction of sp³-hybridized carbons (Fsp3) is 0.800. The summed E-state index contributed by atoms with van der Waals surface area (Å²) in [6.45, 7) is 2.43. The molecule has 0 unspecified atom stereocenters. The molecule has 0 aromatic rings. The van der Waals surface area contributed by atoms with E-state index in [4.69, 9.17) is 9.47 Å². The highest BCUT2D eigenvalue weighted by Gasteiger charge is 2.41. The van der Waals surface area contributed by atoms with E-state index in [1.54, 1.807) is 0 Å². The van der Waals surface area contributed by atoms with Crippen molar-refractivity contribution in [1.29, 1.82) is 0 Å². The van der Waals surface area contributed by atoms with Gasteiger partial charge in [0.05, 0.1) is 6.10 Å².